The predicted molar refractivity (Wildman–Crippen MR) is 101 cm³/mol. The fourth-order valence-corrected chi connectivity index (χ4v) is 3.31. The fraction of sp³-hybridized carbons (Fsp3) is 0.263. The number of thioether (sulfide) groups is 1. The average Bonchev–Trinajstić information content (AvgIpc) is 3.04. The van der Waals surface area contributed by atoms with E-state index in [4.69, 9.17) is 4.74 Å². The van der Waals surface area contributed by atoms with Crippen LogP contribution in [0, 0.1) is 5.82 Å². The third-order valence-electron chi connectivity index (χ3n) is 3.83. The van der Waals surface area contributed by atoms with Gasteiger partial charge in [-0.3, -0.25) is 4.79 Å². The molecule has 0 aliphatic rings. The molecule has 3 rings (SSSR count). The largest absolute Gasteiger partial charge is 0.494 e. The van der Waals surface area contributed by atoms with Gasteiger partial charge < -0.3 is 14.6 Å². The van der Waals surface area contributed by atoms with Crippen molar-refractivity contribution in [1.82, 2.24) is 14.9 Å². The maximum Gasteiger partial charge on any atom is 0.233 e. The predicted octanol–water partition coefficient (Wildman–Crippen LogP) is 3.85. The summed E-state index contributed by atoms with van der Waals surface area (Å²) < 4.78 is 18.4. The van der Waals surface area contributed by atoms with Crippen LogP contribution in [0.1, 0.15) is 12.5 Å². The molecule has 3 aromatic rings. The van der Waals surface area contributed by atoms with Crippen LogP contribution in [0.5, 0.6) is 5.75 Å². The van der Waals surface area contributed by atoms with Crippen molar-refractivity contribution in [2.75, 3.05) is 19.4 Å². The number of halogens is 1. The van der Waals surface area contributed by atoms with E-state index in [1.165, 1.54) is 23.9 Å². The van der Waals surface area contributed by atoms with E-state index in [9.17, 15) is 9.18 Å². The van der Waals surface area contributed by atoms with Crippen LogP contribution in [0.4, 0.5) is 4.39 Å². The van der Waals surface area contributed by atoms with Crippen molar-refractivity contribution in [2.45, 2.75) is 18.6 Å². The molecule has 0 saturated heterocycles. The van der Waals surface area contributed by atoms with Gasteiger partial charge in [0.05, 0.1) is 23.4 Å². The SMILES string of the molecule is CCOc1ccc2nc(SCC(=O)N(C)Cc3ccc(F)cc3)[nH]c2c1. The van der Waals surface area contributed by atoms with Crippen LogP contribution < -0.4 is 4.74 Å². The Morgan fingerprint density at radius 1 is 1.27 bits per heavy atom. The first-order valence-corrected chi connectivity index (χ1v) is 9.27. The summed E-state index contributed by atoms with van der Waals surface area (Å²) in [6.07, 6.45) is 0. The molecule has 0 bridgehead atoms. The number of aromatic amines is 1. The number of carbonyl (C=O) groups is 1. The van der Waals surface area contributed by atoms with Gasteiger partial charge in [-0.05, 0) is 36.8 Å². The lowest BCUT2D eigenvalue weighted by atomic mass is 10.2. The van der Waals surface area contributed by atoms with Crippen LogP contribution >= 0.6 is 11.8 Å². The van der Waals surface area contributed by atoms with Crippen LogP contribution in [0.15, 0.2) is 47.6 Å². The number of rotatable bonds is 7. The number of imidazole rings is 1. The number of benzene rings is 2. The summed E-state index contributed by atoms with van der Waals surface area (Å²) in [5, 5.41) is 0.692. The van der Waals surface area contributed by atoms with Gasteiger partial charge in [-0.1, -0.05) is 23.9 Å². The van der Waals surface area contributed by atoms with E-state index in [2.05, 4.69) is 9.97 Å². The summed E-state index contributed by atoms with van der Waals surface area (Å²) in [4.78, 5) is 21.6. The van der Waals surface area contributed by atoms with Crippen molar-refractivity contribution in [2.24, 2.45) is 0 Å². The molecular weight excluding hydrogens is 353 g/mol. The summed E-state index contributed by atoms with van der Waals surface area (Å²) in [5.41, 5.74) is 2.60. The van der Waals surface area contributed by atoms with E-state index in [-0.39, 0.29) is 17.5 Å². The summed E-state index contributed by atoms with van der Waals surface area (Å²) in [6.45, 7) is 2.99. The highest BCUT2D eigenvalue weighted by Crippen LogP contribution is 2.23. The van der Waals surface area contributed by atoms with Gasteiger partial charge in [-0.2, -0.15) is 0 Å². The zero-order valence-corrected chi connectivity index (χ0v) is 15.5. The topological polar surface area (TPSA) is 58.2 Å². The number of fused-ring (bicyclic) bond motifs is 1. The van der Waals surface area contributed by atoms with Crippen molar-refractivity contribution in [3.63, 3.8) is 0 Å². The molecular formula is C19H20FN3O2S. The number of nitrogens with zero attached hydrogens (tertiary/aromatic N) is 2. The summed E-state index contributed by atoms with van der Waals surface area (Å²) >= 11 is 1.36. The third kappa shape index (κ3) is 4.54. The normalized spacial score (nSPS) is 10.9. The Hall–Kier alpha value is -2.54. The highest BCUT2D eigenvalue weighted by Gasteiger charge is 2.12. The molecule has 7 heteroatoms. The molecule has 2 aromatic carbocycles. The number of hydrogen-bond donors (Lipinski definition) is 1. The Balaban J connectivity index is 1.58. The lowest BCUT2D eigenvalue weighted by Gasteiger charge is -2.16. The average molecular weight is 373 g/mol. The lowest BCUT2D eigenvalue weighted by molar-refractivity contribution is -0.127. The minimum atomic E-state index is -0.282. The highest BCUT2D eigenvalue weighted by molar-refractivity contribution is 7.99. The zero-order chi connectivity index (χ0) is 18.5. The Labute approximate surface area is 155 Å². The fourth-order valence-electron chi connectivity index (χ4n) is 2.48. The standard InChI is InChI=1S/C19H20FN3O2S/c1-3-25-15-8-9-16-17(10-15)22-19(21-16)26-12-18(24)23(2)11-13-4-6-14(20)7-5-13/h4-10H,3,11-12H2,1-2H3,(H,21,22). The molecule has 0 atom stereocenters. The molecule has 26 heavy (non-hydrogen) atoms. The van der Waals surface area contributed by atoms with Gasteiger partial charge >= 0.3 is 0 Å². The van der Waals surface area contributed by atoms with Crippen molar-refractivity contribution in [3.05, 3.63) is 53.8 Å². The molecule has 0 radical (unpaired) electrons. The molecule has 1 amide bonds. The number of aromatic nitrogens is 2. The second kappa shape index (κ2) is 8.23. The van der Waals surface area contributed by atoms with Gasteiger partial charge in [-0.15, -0.1) is 0 Å². The smallest absolute Gasteiger partial charge is 0.233 e. The molecule has 0 saturated carbocycles. The second-order valence-corrected chi connectivity index (χ2v) is 6.78. The van der Waals surface area contributed by atoms with E-state index in [0.717, 1.165) is 22.3 Å². The van der Waals surface area contributed by atoms with Gasteiger partial charge in [0, 0.05) is 19.7 Å². The Bertz CT molecular complexity index is 895. The molecule has 1 aromatic heterocycles. The quantitative estimate of drug-likeness (QED) is 0.639. The maximum absolute atomic E-state index is 12.9. The second-order valence-electron chi connectivity index (χ2n) is 5.82. The molecule has 136 valence electrons. The number of H-pyrrole nitrogens is 1. The Morgan fingerprint density at radius 2 is 2.04 bits per heavy atom. The monoisotopic (exact) mass is 373 g/mol. The van der Waals surface area contributed by atoms with E-state index in [1.54, 1.807) is 24.1 Å². The van der Waals surface area contributed by atoms with Gasteiger partial charge in [0.15, 0.2) is 5.16 Å². The molecule has 0 unspecified atom stereocenters. The molecule has 1 N–H and O–H groups in total. The minimum Gasteiger partial charge on any atom is -0.494 e. The molecule has 5 nitrogen and oxygen atoms in total. The van der Waals surface area contributed by atoms with Crippen LogP contribution in [-0.2, 0) is 11.3 Å². The highest BCUT2D eigenvalue weighted by atomic mass is 32.2. The lowest BCUT2D eigenvalue weighted by Crippen LogP contribution is -2.27. The number of amides is 1. The van der Waals surface area contributed by atoms with Crippen molar-refractivity contribution >= 4 is 28.7 Å². The number of hydrogen-bond acceptors (Lipinski definition) is 4. The van der Waals surface area contributed by atoms with Gasteiger partial charge in [0.25, 0.3) is 0 Å². The molecule has 1 heterocycles. The van der Waals surface area contributed by atoms with Crippen molar-refractivity contribution in [1.29, 1.82) is 0 Å². The Morgan fingerprint density at radius 3 is 2.77 bits per heavy atom. The van der Waals surface area contributed by atoms with Crippen LogP contribution in [0.25, 0.3) is 11.0 Å². The number of ether oxygens (including phenoxy) is 1. The first-order chi connectivity index (χ1) is 12.5. The van der Waals surface area contributed by atoms with E-state index < -0.39 is 0 Å². The molecule has 0 aliphatic carbocycles. The molecule has 0 aliphatic heterocycles. The van der Waals surface area contributed by atoms with Crippen LogP contribution in [-0.4, -0.2) is 40.2 Å². The maximum atomic E-state index is 12.9. The van der Waals surface area contributed by atoms with Crippen molar-refractivity contribution in [3.8, 4) is 5.75 Å². The summed E-state index contributed by atoms with van der Waals surface area (Å²) in [7, 11) is 1.74. The summed E-state index contributed by atoms with van der Waals surface area (Å²) in [6, 6.07) is 11.8. The van der Waals surface area contributed by atoms with Crippen molar-refractivity contribution < 1.29 is 13.9 Å². The Kier molecular flexibility index (Phi) is 5.78. The first kappa shape index (κ1) is 18.3. The van der Waals surface area contributed by atoms with Gasteiger partial charge in [-0.25, -0.2) is 9.37 Å². The van der Waals surface area contributed by atoms with E-state index in [0.29, 0.717) is 18.3 Å². The third-order valence-corrected chi connectivity index (χ3v) is 4.69. The van der Waals surface area contributed by atoms with Gasteiger partial charge in [0.2, 0.25) is 5.91 Å². The van der Waals surface area contributed by atoms with Crippen LogP contribution in [0.3, 0.4) is 0 Å². The van der Waals surface area contributed by atoms with Gasteiger partial charge in [0.1, 0.15) is 11.6 Å². The van der Waals surface area contributed by atoms with E-state index in [1.807, 2.05) is 25.1 Å². The molecule has 0 spiro atoms. The number of nitrogens with one attached hydrogen (secondary N) is 1. The zero-order valence-electron chi connectivity index (χ0n) is 14.7. The summed E-state index contributed by atoms with van der Waals surface area (Å²) in [5.74, 6) is 0.760. The number of carbonyl (C=O) groups excluding carboxylic acids is 1. The molecule has 0 fully saturated rings. The first-order valence-electron chi connectivity index (χ1n) is 8.29. The van der Waals surface area contributed by atoms with E-state index >= 15 is 0 Å². The minimum absolute atomic E-state index is 0.0187. The van der Waals surface area contributed by atoms with Crippen LogP contribution in [0.2, 0.25) is 0 Å².